The highest BCUT2D eigenvalue weighted by Gasteiger charge is 2.29. The number of rotatable bonds is 3. The first-order valence-corrected chi connectivity index (χ1v) is 6.83. The van der Waals surface area contributed by atoms with Crippen molar-refractivity contribution in [3.05, 3.63) is 0 Å². The molecule has 0 amide bonds. The van der Waals surface area contributed by atoms with Gasteiger partial charge in [-0.05, 0) is 44.1 Å². The molecule has 3 nitrogen and oxygen atoms in total. The fourth-order valence-electron chi connectivity index (χ4n) is 3.20. The summed E-state index contributed by atoms with van der Waals surface area (Å²) in [4.78, 5) is 2.64. The number of hydrogen-bond acceptors (Lipinski definition) is 3. The molecule has 2 rings (SSSR count). The first-order chi connectivity index (χ1) is 7.81. The van der Waals surface area contributed by atoms with E-state index in [2.05, 4.69) is 11.8 Å². The Labute approximate surface area is 111 Å². The van der Waals surface area contributed by atoms with Crippen LogP contribution in [0.1, 0.15) is 32.6 Å². The summed E-state index contributed by atoms with van der Waals surface area (Å²) in [6.07, 6.45) is 5.18. The Kier molecular flexibility index (Phi) is 6.78. The average Bonchev–Trinajstić information content (AvgIpc) is 2.31. The standard InChI is InChI=1S/C13H26N2O.ClH/c1-11-3-2-6-15(13(11)9-14)10-12-4-7-16-8-5-12;/h11-13H,2-10,14H2,1H3;1H. The molecule has 0 aromatic heterocycles. The smallest absolute Gasteiger partial charge is 0.0469 e. The van der Waals surface area contributed by atoms with E-state index in [0.717, 1.165) is 31.6 Å². The maximum absolute atomic E-state index is 5.92. The first-order valence-electron chi connectivity index (χ1n) is 6.83. The Morgan fingerprint density at radius 1 is 1.24 bits per heavy atom. The van der Waals surface area contributed by atoms with Crippen LogP contribution in [0.5, 0.6) is 0 Å². The molecule has 2 aliphatic heterocycles. The Bertz CT molecular complexity index is 210. The molecule has 0 radical (unpaired) electrons. The fourth-order valence-corrected chi connectivity index (χ4v) is 3.20. The Morgan fingerprint density at radius 2 is 1.94 bits per heavy atom. The van der Waals surface area contributed by atoms with Gasteiger partial charge in [-0.15, -0.1) is 12.4 Å². The molecule has 0 saturated carbocycles. The van der Waals surface area contributed by atoms with Crippen molar-refractivity contribution in [2.45, 2.75) is 38.6 Å². The quantitative estimate of drug-likeness (QED) is 0.844. The van der Waals surface area contributed by atoms with E-state index >= 15 is 0 Å². The number of halogens is 1. The number of likely N-dealkylation sites (tertiary alicyclic amines) is 1. The lowest BCUT2D eigenvalue weighted by Crippen LogP contribution is -2.50. The molecule has 2 unspecified atom stereocenters. The second-order valence-electron chi connectivity index (χ2n) is 5.47. The van der Waals surface area contributed by atoms with Crippen molar-refractivity contribution in [2.24, 2.45) is 17.6 Å². The van der Waals surface area contributed by atoms with Gasteiger partial charge in [0.15, 0.2) is 0 Å². The minimum Gasteiger partial charge on any atom is -0.381 e. The highest BCUT2D eigenvalue weighted by atomic mass is 35.5. The van der Waals surface area contributed by atoms with Crippen molar-refractivity contribution in [3.8, 4) is 0 Å². The molecule has 2 fully saturated rings. The average molecular weight is 263 g/mol. The van der Waals surface area contributed by atoms with Crippen LogP contribution in [0.3, 0.4) is 0 Å². The van der Waals surface area contributed by atoms with Gasteiger partial charge in [-0.2, -0.15) is 0 Å². The maximum Gasteiger partial charge on any atom is 0.0469 e. The fraction of sp³-hybridized carbons (Fsp3) is 1.00. The largest absolute Gasteiger partial charge is 0.381 e. The topological polar surface area (TPSA) is 38.5 Å². The van der Waals surface area contributed by atoms with Gasteiger partial charge in [-0.1, -0.05) is 6.92 Å². The van der Waals surface area contributed by atoms with Crippen LogP contribution in [0.25, 0.3) is 0 Å². The molecule has 17 heavy (non-hydrogen) atoms. The lowest BCUT2D eigenvalue weighted by Gasteiger charge is -2.41. The minimum absolute atomic E-state index is 0. The highest BCUT2D eigenvalue weighted by molar-refractivity contribution is 5.85. The molecule has 4 heteroatoms. The normalized spacial score (nSPS) is 32.1. The van der Waals surface area contributed by atoms with Crippen molar-refractivity contribution >= 4 is 12.4 Å². The lowest BCUT2D eigenvalue weighted by atomic mass is 9.89. The predicted molar refractivity (Wildman–Crippen MR) is 73.6 cm³/mol. The summed E-state index contributed by atoms with van der Waals surface area (Å²) in [7, 11) is 0. The summed E-state index contributed by atoms with van der Waals surface area (Å²) < 4.78 is 5.42. The zero-order chi connectivity index (χ0) is 11.4. The molecule has 2 atom stereocenters. The molecule has 2 aliphatic rings. The second-order valence-corrected chi connectivity index (χ2v) is 5.47. The van der Waals surface area contributed by atoms with Crippen molar-refractivity contribution in [2.75, 3.05) is 32.8 Å². The van der Waals surface area contributed by atoms with Crippen LogP contribution >= 0.6 is 12.4 Å². The van der Waals surface area contributed by atoms with Crippen LogP contribution in [0, 0.1) is 11.8 Å². The molecule has 0 bridgehead atoms. The highest BCUT2D eigenvalue weighted by Crippen LogP contribution is 2.25. The molecule has 2 N–H and O–H groups in total. The number of piperidine rings is 1. The van der Waals surface area contributed by atoms with Crippen molar-refractivity contribution < 1.29 is 4.74 Å². The van der Waals surface area contributed by atoms with E-state index in [4.69, 9.17) is 10.5 Å². The van der Waals surface area contributed by atoms with Gasteiger partial charge in [-0.25, -0.2) is 0 Å². The van der Waals surface area contributed by atoms with E-state index in [1.165, 1.54) is 38.8 Å². The molecule has 0 aromatic rings. The summed E-state index contributed by atoms with van der Waals surface area (Å²) in [6, 6.07) is 0.622. The molecule has 0 aromatic carbocycles. The summed E-state index contributed by atoms with van der Waals surface area (Å²) in [6.45, 7) is 7.60. The summed E-state index contributed by atoms with van der Waals surface area (Å²) >= 11 is 0. The van der Waals surface area contributed by atoms with Gasteiger partial charge in [-0.3, -0.25) is 4.90 Å². The van der Waals surface area contributed by atoms with Crippen LogP contribution < -0.4 is 5.73 Å². The molecule has 102 valence electrons. The SMILES string of the molecule is CC1CCCN(CC2CCOCC2)C1CN.Cl. The Morgan fingerprint density at radius 3 is 2.59 bits per heavy atom. The van der Waals surface area contributed by atoms with E-state index in [1.54, 1.807) is 0 Å². The maximum atomic E-state index is 5.92. The predicted octanol–water partition coefficient (Wildman–Crippen LogP) is 1.89. The van der Waals surface area contributed by atoms with Gasteiger partial charge in [0.2, 0.25) is 0 Å². The zero-order valence-corrected chi connectivity index (χ0v) is 11.8. The van der Waals surface area contributed by atoms with E-state index < -0.39 is 0 Å². The monoisotopic (exact) mass is 262 g/mol. The van der Waals surface area contributed by atoms with Gasteiger partial charge in [0, 0.05) is 32.3 Å². The third-order valence-corrected chi connectivity index (χ3v) is 4.31. The summed E-state index contributed by atoms with van der Waals surface area (Å²) in [5.74, 6) is 1.62. The van der Waals surface area contributed by atoms with Gasteiger partial charge in [0.25, 0.3) is 0 Å². The third kappa shape index (κ3) is 4.09. The number of ether oxygens (including phenoxy) is 1. The van der Waals surface area contributed by atoms with E-state index in [-0.39, 0.29) is 12.4 Å². The zero-order valence-electron chi connectivity index (χ0n) is 10.9. The minimum atomic E-state index is 0. The van der Waals surface area contributed by atoms with Gasteiger partial charge in [0.05, 0.1) is 0 Å². The molecule has 2 saturated heterocycles. The summed E-state index contributed by atoms with van der Waals surface area (Å²) in [5.41, 5.74) is 5.92. The van der Waals surface area contributed by atoms with Crippen molar-refractivity contribution in [1.82, 2.24) is 4.90 Å². The van der Waals surface area contributed by atoms with Crippen molar-refractivity contribution in [3.63, 3.8) is 0 Å². The summed E-state index contributed by atoms with van der Waals surface area (Å²) in [5, 5.41) is 0. The van der Waals surface area contributed by atoms with E-state index in [9.17, 15) is 0 Å². The van der Waals surface area contributed by atoms with E-state index in [1.807, 2.05) is 0 Å². The molecular formula is C13H27ClN2O. The van der Waals surface area contributed by atoms with Crippen molar-refractivity contribution in [1.29, 1.82) is 0 Å². The number of hydrogen-bond donors (Lipinski definition) is 1. The number of nitrogens with zero attached hydrogens (tertiary/aromatic N) is 1. The van der Waals surface area contributed by atoms with Crippen LogP contribution in [0.4, 0.5) is 0 Å². The Balaban J connectivity index is 0.00000144. The van der Waals surface area contributed by atoms with Crippen LogP contribution in [-0.4, -0.2) is 43.8 Å². The molecular weight excluding hydrogens is 236 g/mol. The van der Waals surface area contributed by atoms with Crippen LogP contribution in [-0.2, 0) is 4.74 Å². The third-order valence-electron chi connectivity index (χ3n) is 4.31. The molecule has 0 aliphatic carbocycles. The van der Waals surface area contributed by atoms with Gasteiger partial charge in [0.1, 0.15) is 0 Å². The first kappa shape index (κ1) is 15.2. The van der Waals surface area contributed by atoms with E-state index in [0.29, 0.717) is 6.04 Å². The molecule has 0 spiro atoms. The van der Waals surface area contributed by atoms with Gasteiger partial charge >= 0.3 is 0 Å². The lowest BCUT2D eigenvalue weighted by molar-refractivity contribution is 0.0298. The molecule has 2 heterocycles. The number of nitrogens with two attached hydrogens (primary N) is 1. The van der Waals surface area contributed by atoms with Crippen LogP contribution in [0.15, 0.2) is 0 Å². The second kappa shape index (κ2) is 7.57. The Hall–Kier alpha value is 0.170. The van der Waals surface area contributed by atoms with Crippen LogP contribution in [0.2, 0.25) is 0 Å². The van der Waals surface area contributed by atoms with Gasteiger partial charge < -0.3 is 10.5 Å².